The van der Waals surface area contributed by atoms with Crippen LogP contribution in [-0.2, 0) is 0 Å². The van der Waals surface area contributed by atoms with Crippen LogP contribution in [0.1, 0.15) is 0 Å². The van der Waals surface area contributed by atoms with Crippen molar-refractivity contribution in [2.24, 2.45) is 0 Å². The largest absolute Gasteiger partial charge is 0.374 e. The first-order valence-corrected chi connectivity index (χ1v) is 3.76. The highest BCUT2D eigenvalue weighted by molar-refractivity contribution is 5.70. The Kier molecular flexibility index (Phi) is 2.94. The SMILES string of the molecule is O=[N+]([O-])Nc1cccc([N+](=O)[O-])c1[N+](=O)[O-]. The van der Waals surface area contributed by atoms with Crippen molar-refractivity contribution >= 4 is 17.1 Å². The van der Waals surface area contributed by atoms with Crippen LogP contribution < -0.4 is 5.43 Å². The fourth-order valence-corrected chi connectivity index (χ4v) is 1.06. The van der Waals surface area contributed by atoms with Crippen molar-refractivity contribution in [2.75, 3.05) is 5.43 Å². The van der Waals surface area contributed by atoms with E-state index in [0.29, 0.717) is 0 Å². The van der Waals surface area contributed by atoms with Gasteiger partial charge in [0.25, 0.3) is 0 Å². The Morgan fingerprint density at radius 2 is 1.62 bits per heavy atom. The summed E-state index contributed by atoms with van der Waals surface area (Å²) in [6, 6.07) is 3.01. The molecule has 0 bridgehead atoms. The normalized spacial score (nSPS) is 9.50. The van der Waals surface area contributed by atoms with Gasteiger partial charge < -0.3 is 0 Å². The van der Waals surface area contributed by atoms with Gasteiger partial charge in [-0.2, -0.15) is 0 Å². The first-order chi connectivity index (χ1) is 7.43. The molecule has 0 spiro atoms. The van der Waals surface area contributed by atoms with E-state index in [4.69, 9.17) is 0 Å². The summed E-state index contributed by atoms with van der Waals surface area (Å²) in [5, 5.41) is 30.1. The van der Waals surface area contributed by atoms with Crippen LogP contribution in [-0.4, -0.2) is 14.9 Å². The Morgan fingerprint density at radius 1 is 1.00 bits per heavy atom. The highest BCUT2D eigenvalue weighted by Gasteiger charge is 2.30. The highest BCUT2D eigenvalue weighted by Crippen LogP contribution is 2.33. The van der Waals surface area contributed by atoms with Crippen molar-refractivity contribution in [3.63, 3.8) is 0 Å². The number of hydrazine groups is 1. The molecule has 1 N–H and O–H groups in total. The zero-order valence-corrected chi connectivity index (χ0v) is 7.52. The lowest BCUT2D eigenvalue weighted by Gasteiger charge is -1.99. The van der Waals surface area contributed by atoms with Crippen LogP contribution in [0.2, 0.25) is 0 Å². The number of nitrogens with one attached hydrogen (secondary N) is 1. The minimum Gasteiger partial charge on any atom is -0.258 e. The van der Waals surface area contributed by atoms with Gasteiger partial charge in [-0.1, -0.05) is 6.07 Å². The molecule has 10 heteroatoms. The Balaban J connectivity index is 3.38. The van der Waals surface area contributed by atoms with E-state index in [0.717, 1.165) is 18.2 Å². The van der Waals surface area contributed by atoms with Crippen LogP contribution in [0.4, 0.5) is 17.1 Å². The summed E-state index contributed by atoms with van der Waals surface area (Å²) in [5.41, 5.74) is -0.761. The molecule has 0 saturated carbocycles. The van der Waals surface area contributed by atoms with Crippen molar-refractivity contribution in [1.82, 2.24) is 0 Å². The number of rotatable bonds is 4. The predicted octanol–water partition coefficient (Wildman–Crippen LogP) is 1.11. The van der Waals surface area contributed by atoms with E-state index in [-0.39, 0.29) is 0 Å². The molecule has 1 rings (SSSR count). The third-order valence-corrected chi connectivity index (χ3v) is 1.61. The van der Waals surface area contributed by atoms with E-state index in [2.05, 4.69) is 0 Å². The monoisotopic (exact) mass is 228 g/mol. The second kappa shape index (κ2) is 4.16. The Labute approximate surface area is 86.9 Å². The molecule has 0 aliphatic carbocycles. The van der Waals surface area contributed by atoms with E-state index >= 15 is 0 Å². The van der Waals surface area contributed by atoms with Gasteiger partial charge in [-0.15, -0.1) is 5.43 Å². The van der Waals surface area contributed by atoms with Crippen LogP contribution in [0.25, 0.3) is 0 Å². The lowest BCUT2D eigenvalue weighted by molar-refractivity contribution is -0.449. The van der Waals surface area contributed by atoms with Crippen molar-refractivity contribution in [3.8, 4) is 0 Å². The molecule has 0 radical (unpaired) electrons. The van der Waals surface area contributed by atoms with Crippen molar-refractivity contribution in [1.29, 1.82) is 0 Å². The quantitative estimate of drug-likeness (QED) is 0.600. The summed E-state index contributed by atoms with van der Waals surface area (Å²) in [5.74, 6) is 0. The molecule has 84 valence electrons. The van der Waals surface area contributed by atoms with E-state index in [1.807, 2.05) is 0 Å². The standard InChI is InChI=1S/C6H4N4O6/c11-8(12)5-3-1-2-4(7-10(15)16)6(5)9(13)14/h1-3,7H. The zero-order valence-electron chi connectivity index (χ0n) is 7.52. The number of hydrogen-bond donors (Lipinski definition) is 1. The van der Waals surface area contributed by atoms with E-state index in [9.17, 15) is 30.3 Å². The highest BCUT2D eigenvalue weighted by atomic mass is 16.7. The van der Waals surface area contributed by atoms with Gasteiger partial charge in [0.2, 0.25) is 0 Å². The second-order valence-corrected chi connectivity index (χ2v) is 2.56. The summed E-state index contributed by atoms with van der Waals surface area (Å²) in [6.45, 7) is 0. The van der Waals surface area contributed by atoms with Crippen LogP contribution in [0.15, 0.2) is 18.2 Å². The lowest BCUT2D eigenvalue weighted by Crippen LogP contribution is -2.10. The fraction of sp³-hybridized carbons (Fsp3) is 0. The Bertz CT molecular complexity index is 472. The molecule has 0 saturated heterocycles. The maximum atomic E-state index is 10.6. The van der Waals surface area contributed by atoms with Crippen LogP contribution in [0.3, 0.4) is 0 Å². The molecule has 1 aromatic carbocycles. The minimum absolute atomic E-state index is 0.538. The first kappa shape index (κ1) is 11.3. The Hall–Kier alpha value is -2.78. The molecule has 0 heterocycles. The summed E-state index contributed by atoms with van der Waals surface area (Å²) in [6.07, 6.45) is 0. The van der Waals surface area contributed by atoms with Crippen molar-refractivity contribution in [3.05, 3.63) is 48.5 Å². The van der Waals surface area contributed by atoms with E-state index in [1.165, 1.54) is 5.43 Å². The van der Waals surface area contributed by atoms with Gasteiger partial charge >= 0.3 is 11.4 Å². The molecular formula is C6H4N4O6. The molecule has 0 amide bonds. The van der Waals surface area contributed by atoms with Gasteiger partial charge in [0.15, 0.2) is 10.7 Å². The molecule has 0 atom stereocenters. The number of nitro benzene ring substituents is 2. The number of anilines is 1. The van der Waals surface area contributed by atoms with Gasteiger partial charge in [0.05, 0.1) is 9.85 Å². The summed E-state index contributed by atoms with van der Waals surface area (Å²) in [4.78, 5) is 29.1. The topological polar surface area (TPSA) is 141 Å². The van der Waals surface area contributed by atoms with Gasteiger partial charge in [-0.3, -0.25) is 20.2 Å². The minimum atomic E-state index is -1.05. The predicted molar refractivity (Wildman–Crippen MR) is 50.4 cm³/mol. The summed E-state index contributed by atoms with van der Waals surface area (Å²) in [7, 11) is 0. The van der Waals surface area contributed by atoms with Crippen LogP contribution in [0, 0.1) is 30.3 Å². The summed E-state index contributed by atoms with van der Waals surface area (Å²) < 4.78 is 0. The smallest absolute Gasteiger partial charge is 0.258 e. The first-order valence-electron chi connectivity index (χ1n) is 3.76. The van der Waals surface area contributed by atoms with Gasteiger partial charge in [0, 0.05) is 6.07 Å². The maximum Gasteiger partial charge on any atom is 0.374 e. The van der Waals surface area contributed by atoms with E-state index < -0.39 is 31.9 Å². The van der Waals surface area contributed by atoms with Crippen LogP contribution in [0.5, 0.6) is 0 Å². The molecule has 0 aromatic heterocycles. The Morgan fingerprint density at radius 3 is 2.06 bits per heavy atom. The number of para-hydroxylation sites is 1. The summed E-state index contributed by atoms with van der Waals surface area (Å²) >= 11 is 0. The molecule has 16 heavy (non-hydrogen) atoms. The number of nitrogens with zero attached hydrogens (tertiary/aromatic N) is 3. The number of nitro groups is 3. The average molecular weight is 228 g/mol. The van der Waals surface area contributed by atoms with Crippen molar-refractivity contribution in [2.45, 2.75) is 0 Å². The number of benzene rings is 1. The van der Waals surface area contributed by atoms with Gasteiger partial charge in [-0.05, 0) is 6.07 Å². The molecule has 0 aliphatic rings. The second-order valence-electron chi connectivity index (χ2n) is 2.56. The van der Waals surface area contributed by atoms with Gasteiger partial charge in [0.1, 0.15) is 0 Å². The molecule has 1 aromatic rings. The average Bonchev–Trinajstić information content (AvgIpc) is 2.15. The molecule has 0 aliphatic heterocycles. The molecular weight excluding hydrogens is 224 g/mol. The lowest BCUT2D eigenvalue weighted by atomic mass is 10.2. The van der Waals surface area contributed by atoms with E-state index in [1.54, 1.807) is 0 Å². The molecule has 0 unspecified atom stereocenters. The molecule has 10 nitrogen and oxygen atoms in total. The fourth-order valence-electron chi connectivity index (χ4n) is 1.06. The third kappa shape index (κ3) is 2.17. The van der Waals surface area contributed by atoms with Crippen LogP contribution >= 0.6 is 0 Å². The maximum absolute atomic E-state index is 10.6. The van der Waals surface area contributed by atoms with Crippen molar-refractivity contribution < 1.29 is 14.9 Å². The zero-order chi connectivity index (χ0) is 12.3. The molecule has 0 fully saturated rings. The third-order valence-electron chi connectivity index (χ3n) is 1.61. The van der Waals surface area contributed by atoms with Gasteiger partial charge in [-0.25, -0.2) is 10.1 Å². The number of hydrogen-bond acceptors (Lipinski definition) is 6.